The van der Waals surface area contributed by atoms with Crippen molar-refractivity contribution in [2.24, 2.45) is 5.10 Å². The molecule has 0 aliphatic rings. The maximum absolute atomic E-state index is 5.09. The monoisotopic (exact) mass is 240 g/mol. The zero-order valence-electron chi connectivity index (χ0n) is 10.6. The van der Waals surface area contributed by atoms with Crippen LogP contribution < -0.4 is 10.2 Å². The lowest BCUT2D eigenvalue weighted by Crippen LogP contribution is -1.91. The normalized spacial score (nSPS) is 10.6. The largest absolute Gasteiger partial charge is 0.497 e. The van der Waals surface area contributed by atoms with Gasteiger partial charge in [0.25, 0.3) is 0 Å². The number of hydrogen-bond acceptors (Lipinski definition) is 3. The van der Waals surface area contributed by atoms with E-state index in [1.165, 1.54) is 5.56 Å². The average Bonchev–Trinajstić information content (AvgIpc) is 2.40. The Morgan fingerprint density at radius 1 is 1.11 bits per heavy atom. The van der Waals surface area contributed by atoms with Gasteiger partial charge in [0.1, 0.15) is 5.75 Å². The number of rotatable bonds is 4. The summed E-state index contributed by atoms with van der Waals surface area (Å²) in [6.45, 7) is 2.06. The molecule has 0 saturated heterocycles. The minimum absolute atomic E-state index is 0.836. The van der Waals surface area contributed by atoms with E-state index in [-0.39, 0.29) is 0 Å². The van der Waals surface area contributed by atoms with Gasteiger partial charge in [-0.1, -0.05) is 29.8 Å². The highest BCUT2D eigenvalue weighted by Crippen LogP contribution is 2.14. The molecule has 0 heterocycles. The number of aryl methyl sites for hydroxylation is 1. The van der Waals surface area contributed by atoms with Crippen molar-refractivity contribution >= 4 is 11.9 Å². The molecule has 2 rings (SSSR count). The minimum atomic E-state index is 0.836. The van der Waals surface area contributed by atoms with Crippen LogP contribution in [0.5, 0.6) is 5.75 Å². The van der Waals surface area contributed by atoms with Crippen LogP contribution in [0.25, 0.3) is 0 Å². The summed E-state index contributed by atoms with van der Waals surface area (Å²) < 4.78 is 5.09. The molecule has 3 nitrogen and oxygen atoms in total. The highest BCUT2D eigenvalue weighted by atomic mass is 16.5. The van der Waals surface area contributed by atoms with Crippen molar-refractivity contribution in [2.75, 3.05) is 12.5 Å². The summed E-state index contributed by atoms with van der Waals surface area (Å²) in [5.41, 5.74) is 6.21. The second-order valence-electron chi connectivity index (χ2n) is 4.01. The molecule has 0 atom stereocenters. The molecule has 0 radical (unpaired) electrons. The molecule has 1 N–H and O–H groups in total. The van der Waals surface area contributed by atoms with Crippen molar-refractivity contribution in [1.29, 1.82) is 0 Å². The van der Waals surface area contributed by atoms with Crippen LogP contribution in [-0.2, 0) is 0 Å². The lowest BCUT2D eigenvalue weighted by Gasteiger charge is -2.02. The Morgan fingerprint density at radius 2 is 1.89 bits per heavy atom. The molecule has 18 heavy (non-hydrogen) atoms. The van der Waals surface area contributed by atoms with Crippen LogP contribution in [0, 0.1) is 6.92 Å². The van der Waals surface area contributed by atoms with Gasteiger partial charge in [0, 0.05) is 0 Å². The standard InChI is InChI=1S/C15H16N2O/c1-12-4-3-5-13(10-12)11-16-17-14-6-8-15(18-2)9-7-14/h3-11,17H,1-2H3/b16-11+. The van der Waals surface area contributed by atoms with E-state index < -0.39 is 0 Å². The highest BCUT2D eigenvalue weighted by Gasteiger charge is 1.92. The van der Waals surface area contributed by atoms with E-state index >= 15 is 0 Å². The van der Waals surface area contributed by atoms with Gasteiger partial charge in [-0.3, -0.25) is 5.43 Å². The molecule has 0 aliphatic heterocycles. The summed E-state index contributed by atoms with van der Waals surface area (Å²) in [7, 11) is 1.65. The van der Waals surface area contributed by atoms with Gasteiger partial charge >= 0.3 is 0 Å². The summed E-state index contributed by atoms with van der Waals surface area (Å²) in [5.74, 6) is 0.836. The van der Waals surface area contributed by atoms with Crippen LogP contribution in [0.3, 0.4) is 0 Å². The van der Waals surface area contributed by atoms with Gasteiger partial charge in [0.2, 0.25) is 0 Å². The molecule has 2 aromatic carbocycles. The first-order valence-electron chi connectivity index (χ1n) is 5.78. The molecule has 92 valence electrons. The SMILES string of the molecule is COc1ccc(N/N=C/c2cccc(C)c2)cc1. The van der Waals surface area contributed by atoms with Gasteiger partial charge in [0.05, 0.1) is 19.0 Å². The quantitative estimate of drug-likeness (QED) is 0.656. The maximum Gasteiger partial charge on any atom is 0.119 e. The molecule has 0 unspecified atom stereocenters. The Labute approximate surface area is 107 Å². The second-order valence-corrected chi connectivity index (χ2v) is 4.01. The number of nitrogens with one attached hydrogen (secondary N) is 1. The fourth-order valence-electron chi connectivity index (χ4n) is 1.60. The lowest BCUT2D eigenvalue weighted by atomic mass is 10.2. The maximum atomic E-state index is 5.09. The summed E-state index contributed by atoms with van der Waals surface area (Å²) >= 11 is 0. The van der Waals surface area contributed by atoms with E-state index in [1.54, 1.807) is 13.3 Å². The van der Waals surface area contributed by atoms with Crippen LogP contribution in [0.15, 0.2) is 53.6 Å². The van der Waals surface area contributed by atoms with E-state index in [0.29, 0.717) is 0 Å². The van der Waals surface area contributed by atoms with Gasteiger partial charge < -0.3 is 4.74 Å². The molecule has 0 saturated carbocycles. The van der Waals surface area contributed by atoms with E-state index in [4.69, 9.17) is 4.74 Å². The Balaban J connectivity index is 1.98. The van der Waals surface area contributed by atoms with Crippen molar-refractivity contribution in [3.8, 4) is 5.75 Å². The first kappa shape index (κ1) is 12.2. The molecular weight excluding hydrogens is 224 g/mol. The third-order valence-electron chi connectivity index (χ3n) is 2.54. The van der Waals surface area contributed by atoms with E-state index in [0.717, 1.165) is 17.0 Å². The van der Waals surface area contributed by atoms with Crippen LogP contribution in [0.2, 0.25) is 0 Å². The number of nitrogens with zero attached hydrogens (tertiary/aromatic N) is 1. The van der Waals surface area contributed by atoms with Crippen LogP contribution in [-0.4, -0.2) is 13.3 Å². The molecule has 0 aliphatic carbocycles. The van der Waals surface area contributed by atoms with Crippen molar-refractivity contribution in [3.05, 3.63) is 59.7 Å². The van der Waals surface area contributed by atoms with Crippen molar-refractivity contribution < 1.29 is 4.74 Å². The number of benzene rings is 2. The molecule has 0 amide bonds. The van der Waals surface area contributed by atoms with E-state index in [1.807, 2.05) is 36.4 Å². The predicted molar refractivity (Wildman–Crippen MR) is 75.4 cm³/mol. The van der Waals surface area contributed by atoms with Gasteiger partial charge in [-0.05, 0) is 36.8 Å². The number of hydrogen-bond donors (Lipinski definition) is 1. The predicted octanol–water partition coefficient (Wildman–Crippen LogP) is 3.45. The number of hydrazone groups is 1. The second kappa shape index (κ2) is 5.87. The van der Waals surface area contributed by atoms with E-state index in [2.05, 4.69) is 29.6 Å². The average molecular weight is 240 g/mol. The molecule has 2 aromatic rings. The third kappa shape index (κ3) is 3.35. The van der Waals surface area contributed by atoms with Crippen LogP contribution >= 0.6 is 0 Å². The Morgan fingerprint density at radius 3 is 2.56 bits per heavy atom. The summed E-state index contributed by atoms with van der Waals surface area (Å²) in [6, 6.07) is 15.8. The Kier molecular flexibility index (Phi) is 3.97. The zero-order chi connectivity index (χ0) is 12.8. The molecule has 0 bridgehead atoms. The molecule has 3 heteroatoms. The number of ether oxygens (including phenoxy) is 1. The summed E-state index contributed by atoms with van der Waals surface area (Å²) in [4.78, 5) is 0. The zero-order valence-corrected chi connectivity index (χ0v) is 10.6. The first-order chi connectivity index (χ1) is 8.78. The summed E-state index contributed by atoms with van der Waals surface area (Å²) in [6.07, 6.45) is 1.80. The Bertz CT molecular complexity index is 532. The summed E-state index contributed by atoms with van der Waals surface area (Å²) in [5, 5.41) is 4.19. The van der Waals surface area contributed by atoms with Gasteiger partial charge in [0.15, 0.2) is 0 Å². The van der Waals surface area contributed by atoms with Gasteiger partial charge in [-0.15, -0.1) is 0 Å². The van der Waals surface area contributed by atoms with Crippen LogP contribution in [0.4, 0.5) is 5.69 Å². The highest BCUT2D eigenvalue weighted by molar-refractivity contribution is 5.80. The first-order valence-corrected chi connectivity index (χ1v) is 5.78. The minimum Gasteiger partial charge on any atom is -0.497 e. The van der Waals surface area contributed by atoms with E-state index in [9.17, 15) is 0 Å². The van der Waals surface area contributed by atoms with Crippen molar-refractivity contribution in [3.63, 3.8) is 0 Å². The fraction of sp³-hybridized carbons (Fsp3) is 0.133. The van der Waals surface area contributed by atoms with Crippen molar-refractivity contribution in [1.82, 2.24) is 0 Å². The van der Waals surface area contributed by atoms with Crippen molar-refractivity contribution in [2.45, 2.75) is 6.92 Å². The number of methoxy groups -OCH3 is 1. The topological polar surface area (TPSA) is 33.6 Å². The van der Waals surface area contributed by atoms with Crippen LogP contribution in [0.1, 0.15) is 11.1 Å². The van der Waals surface area contributed by atoms with Gasteiger partial charge in [-0.25, -0.2) is 0 Å². The third-order valence-corrected chi connectivity index (χ3v) is 2.54. The molecule has 0 aromatic heterocycles. The number of anilines is 1. The fourth-order valence-corrected chi connectivity index (χ4v) is 1.60. The smallest absolute Gasteiger partial charge is 0.119 e. The molecule has 0 fully saturated rings. The molecular formula is C15H16N2O. The molecule has 0 spiro atoms. The lowest BCUT2D eigenvalue weighted by molar-refractivity contribution is 0.415. The van der Waals surface area contributed by atoms with Gasteiger partial charge in [-0.2, -0.15) is 5.10 Å². The Hall–Kier alpha value is -2.29.